The lowest BCUT2D eigenvalue weighted by atomic mass is 9.75. The van der Waals surface area contributed by atoms with E-state index in [9.17, 15) is 27.5 Å². The Bertz CT molecular complexity index is 1260. The number of benzene rings is 1. The molecule has 2 atom stereocenters. The molecule has 2 aromatic heterocycles. The van der Waals surface area contributed by atoms with E-state index in [-0.39, 0.29) is 23.9 Å². The summed E-state index contributed by atoms with van der Waals surface area (Å²) in [5.74, 6) is -3.77. The quantitative estimate of drug-likeness (QED) is 0.436. The van der Waals surface area contributed by atoms with Crippen molar-refractivity contribution in [2.24, 2.45) is 12.8 Å². The number of rotatable bonds is 4. The summed E-state index contributed by atoms with van der Waals surface area (Å²) in [6.07, 6.45) is 5.21. The molecule has 8 nitrogen and oxygen atoms in total. The number of carbonyl (C=O) groups is 1. The van der Waals surface area contributed by atoms with Crippen LogP contribution in [0.15, 0.2) is 36.7 Å². The fraction of sp³-hybridized carbons (Fsp3) is 0.423. The number of anilines is 1. The molecule has 3 heterocycles. The van der Waals surface area contributed by atoms with Gasteiger partial charge in [0.2, 0.25) is 0 Å². The van der Waals surface area contributed by atoms with Crippen LogP contribution >= 0.6 is 0 Å². The number of hydrogen-bond acceptors (Lipinski definition) is 6. The van der Waals surface area contributed by atoms with Gasteiger partial charge in [-0.1, -0.05) is 0 Å². The molecule has 1 amide bonds. The maximum atomic E-state index is 14.7. The third-order valence-electron chi connectivity index (χ3n) is 6.61. The van der Waals surface area contributed by atoms with Crippen molar-refractivity contribution in [1.82, 2.24) is 14.8 Å². The van der Waals surface area contributed by atoms with E-state index in [1.165, 1.54) is 10.9 Å². The first kappa shape index (κ1) is 27.7. The molecule has 1 aromatic carbocycles. The van der Waals surface area contributed by atoms with Crippen molar-refractivity contribution in [3.05, 3.63) is 65.4 Å². The lowest BCUT2D eigenvalue weighted by Gasteiger charge is -2.37. The minimum Gasteiger partial charge on any atom is -0.385 e. The van der Waals surface area contributed by atoms with Gasteiger partial charge in [0.15, 0.2) is 0 Å². The van der Waals surface area contributed by atoms with Crippen molar-refractivity contribution in [3.63, 3.8) is 0 Å². The summed E-state index contributed by atoms with van der Waals surface area (Å²) in [6.45, 7) is 0.843. The second kappa shape index (κ2) is 11.6. The highest BCUT2D eigenvalue weighted by Crippen LogP contribution is 2.42. The zero-order valence-corrected chi connectivity index (χ0v) is 20.8. The Hall–Kier alpha value is -3.35. The predicted molar refractivity (Wildman–Crippen MR) is 131 cm³/mol. The van der Waals surface area contributed by atoms with Crippen LogP contribution in [-0.2, 0) is 17.4 Å². The molecule has 1 aliphatic heterocycles. The minimum absolute atomic E-state index is 0.105. The molecular formula is C26H29F4N5O3. The van der Waals surface area contributed by atoms with E-state index in [1.807, 2.05) is 0 Å². The van der Waals surface area contributed by atoms with E-state index in [4.69, 9.17) is 10.5 Å². The van der Waals surface area contributed by atoms with Gasteiger partial charge in [-0.2, -0.15) is 5.10 Å². The molecule has 0 spiro atoms. The molecule has 2 unspecified atom stereocenters. The molecule has 2 aliphatic rings. The smallest absolute Gasteiger partial charge is 0.274 e. The molecule has 2 fully saturated rings. The number of carbonyl (C=O) groups excluding carboxylic acids is 1. The van der Waals surface area contributed by atoms with E-state index in [0.717, 1.165) is 43.5 Å². The molecule has 0 bridgehead atoms. The number of halogens is 4. The molecular weight excluding hydrogens is 506 g/mol. The van der Waals surface area contributed by atoms with Gasteiger partial charge in [-0.15, -0.1) is 0 Å². The van der Waals surface area contributed by atoms with Crippen LogP contribution in [0.2, 0.25) is 0 Å². The van der Waals surface area contributed by atoms with E-state index >= 15 is 0 Å². The molecule has 3 aromatic rings. The first-order chi connectivity index (χ1) is 18.1. The minimum atomic E-state index is -1.27. The number of pyridine rings is 1. The van der Waals surface area contributed by atoms with Crippen LogP contribution in [0.4, 0.5) is 23.2 Å². The number of aliphatic hydroxyl groups is 1. The van der Waals surface area contributed by atoms with Crippen molar-refractivity contribution >= 4 is 11.6 Å². The summed E-state index contributed by atoms with van der Waals surface area (Å²) >= 11 is 0. The Labute approximate surface area is 216 Å². The number of ether oxygens (including phenoxy) is 1. The Morgan fingerprint density at radius 2 is 1.89 bits per heavy atom. The third-order valence-corrected chi connectivity index (χ3v) is 6.61. The average molecular weight is 536 g/mol. The summed E-state index contributed by atoms with van der Waals surface area (Å²) in [4.78, 5) is 16.2. The van der Waals surface area contributed by atoms with Crippen LogP contribution in [0.3, 0.4) is 0 Å². The number of alkyl halides is 1. The molecule has 5 rings (SSSR count). The van der Waals surface area contributed by atoms with E-state index in [2.05, 4.69) is 15.4 Å². The number of nitrogens with one attached hydrogen (secondary N) is 1. The maximum absolute atomic E-state index is 14.7. The lowest BCUT2D eigenvalue weighted by Crippen LogP contribution is -2.33. The highest BCUT2D eigenvalue weighted by molar-refractivity contribution is 6.03. The van der Waals surface area contributed by atoms with Gasteiger partial charge in [0.1, 0.15) is 35.0 Å². The van der Waals surface area contributed by atoms with Crippen LogP contribution in [0.25, 0.3) is 11.3 Å². The molecule has 0 radical (unpaired) electrons. The van der Waals surface area contributed by atoms with Gasteiger partial charge in [0.25, 0.3) is 5.91 Å². The highest BCUT2D eigenvalue weighted by Gasteiger charge is 2.37. The second-order valence-corrected chi connectivity index (χ2v) is 9.48. The van der Waals surface area contributed by atoms with E-state index < -0.39 is 46.4 Å². The monoisotopic (exact) mass is 535 g/mol. The number of nitrogens with zero attached hydrogens (tertiary/aromatic N) is 3. The van der Waals surface area contributed by atoms with Gasteiger partial charge in [-0.05, 0) is 61.9 Å². The molecule has 1 saturated carbocycles. The first-order valence-electron chi connectivity index (χ1n) is 12.2. The van der Waals surface area contributed by atoms with Gasteiger partial charge in [-0.3, -0.25) is 9.48 Å². The molecule has 204 valence electrons. The van der Waals surface area contributed by atoms with Crippen LogP contribution in [0.1, 0.15) is 48.2 Å². The summed E-state index contributed by atoms with van der Waals surface area (Å²) in [7, 11) is 1.67. The SMILES string of the molecule is Cn1cc(NC(=O)c2ccc(F)c(-c3c(F)cc(C4(O)CCC4)cc3F)n2)cn1.NC1CCCOCC1F. The number of aryl methyl sites for hydroxylation is 1. The fourth-order valence-corrected chi connectivity index (χ4v) is 4.21. The molecule has 38 heavy (non-hydrogen) atoms. The van der Waals surface area contributed by atoms with Crippen LogP contribution in [0, 0.1) is 17.5 Å². The van der Waals surface area contributed by atoms with E-state index in [0.29, 0.717) is 25.1 Å². The maximum Gasteiger partial charge on any atom is 0.274 e. The lowest BCUT2D eigenvalue weighted by molar-refractivity contribution is -0.0392. The molecule has 1 aliphatic carbocycles. The highest BCUT2D eigenvalue weighted by atomic mass is 19.1. The number of amides is 1. The van der Waals surface area contributed by atoms with Crippen LogP contribution in [-0.4, -0.2) is 51.2 Å². The van der Waals surface area contributed by atoms with Gasteiger partial charge in [0, 0.05) is 25.9 Å². The topological polar surface area (TPSA) is 115 Å². The van der Waals surface area contributed by atoms with Crippen molar-refractivity contribution < 1.29 is 32.2 Å². The summed E-state index contributed by atoms with van der Waals surface area (Å²) < 4.78 is 62.7. The predicted octanol–water partition coefficient (Wildman–Crippen LogP) is 3.99. The van der Waals surface area contributed by atoms with Crippen molar-refractivity contribution in [2.75, 3.05) is 18.5 Å². The zero-order valence-electron chi connectivity index (χ0n) is 20.8. The zero-order chi connectivity index (χ0) is 27.4. The van der Waals surface area contributed by atoms with Crippen LogP contribution in [0.5, 0.6) is 0 Å². The van der Waals surface area contributed by atoms with Crippen molar-refractivity contribution in [2.45, 2.75) is 49.9 Å². The number of hydrogen-bond donors (Lipinski definition) is 3. The van der Waals surface area contributed by atoms with Gasteiger partial charge >= 0.3 is 0 Å². The van der Waals surface area contributed by atoms with Gasteiger partial charge in [-0.25, -0.2) is 22.5 Å². The summed E-state index contributed by atoms with van der Waals surface area (Å²) in [5, 5.41) is 16.8. The second-order valence-electron chi connectivity index (χ2n) is 9.48. The van der Waals surface area contributed by atoms with Crippen LogP contribution < -0.4 is 11.1 Å². The summed E-state index contributed by atoms with van der Waals surface area (Å²) in [6, 6.07) is 3.72. The van der Waals surface area contributed by atoms with Crippen molar-refractivity contribution in [1.29, 1.82) is 0 Å². The summed E-state index contributed by atoms with van der Waals surface area (Å²) in [5.41, 5.74) is 3.13. The Balaban J connectivity index is 0.000000317. The molecule has 4 N–H and O–H groups in total. The normalized spacial score (nSPS) is 20.5. The Morgan fingerprint density at radius 1 is 1.18 bits per heavy atom. The standard InChI is InChI=1S/C20H17F3N4O2.C6H12FNO/c1-27-10-12(9-24-27)25-19(28)16-4-3-13(21)18(26-16)17-14(22)7-11(8-15(17)23)20(29)5-2-6-20;7-5-4-9-3-1-2-6(5)8/h3-4,7-10,29H,2,5-6H2,1H3,(H,25,28);5-6H,1-4,8H2. The number of aromatic nitrogens is 3. The molecule has 1 saturated heterocycles. The average Bonchev–Trinajstić information content (AvgIpc) is 3.17. The van der Waals surface area contributed by atoms with E-state index in [1.54, 1.807) is 13.2 Å². The molecule has 12 heteroatoms. The largest absolute Gasteiger partial charge is 0.385 e. The van der Waals surface area contributed by atoms with Crippen molar-refractivity contribution in [3.8, 4) is 11.3 Å². The fourth-order valence-electron chi connectivity index (χ4n) is 4.21. The van der Waals surface area contributed by atoms with Gasteiger partial charge < -0.3 is 20.9 Å². The first-order valence-corrected chi connectivity index (χ1v) is 12.2. The number of nitrogens with two attached hydrogens (primary N) is 1. The third kappa shape index (κ3) is 6.20. The Kier molecular flexibility index (Phi) is 8.44. The van der Waals surface area contributed by atoms with Gasteiger partial charge in [0.05, 0.1) is 29.7 Å². The Morgan fingerprint density at radius 3 is 2.50 bits per heavy atom.